The number of pyridine rings is 1. The number of carbonyl (C=O) groups is 1. The van der Waals surface area contributed by atoms with Gasteiger partial charge in [0.1, 0.15) is 0 Å². The van der Waals surface area contributed by atoms with Crippen LogP contribution in [0.2, 0.25) is 0 Å². The fraction of sp³-hybridized carbons (Fsp3) is 0.250. The maximum Gasteiger partial charge on any atom is 0.266 e. The number of hydrogen-bond acceptors (Lipinski definition) is 7. The highest BCUT2D eigenvalue weighted by Crippen LogP contribution is 2.15. The molecule has 3 aromatic heterocycles. The standard InChI is InChI=1S/C24H23N7O2/c32-23-4-3-20(18-5-7-25-8-6-18)28-31(23)16-13-29-11-14-30(15-12-29)24(33)19-1-2-21-22(17-19)27-10-9-26-21/h1-10,17H,11-16H2. The fourth-order valence-electron chi connectivity index (χ4n) is 3.98. The molecule has 0 radical (unpaired) electrons. The summed E-state index contributed by atoms with van der Waals surface area (Å²) in [5, 5.41) is 4.51. The SMILES string of the molecule is O=C(c1ccc2nccnc2c1)N1CCN(CCn2nc(-c3ccncc3)ccc2=O)CC1. The Hall–Kier alpha value is -3.98. The van der Waals surface area contributed by atoms with E-state index in [4.69, 9.17) is 0 Å². The normalized spacial score (nSPS) is 14.5. The lowest BCUT2D eigenvalue weighted by Gasteiger charge is -2.34. The highest BCUT2D eigenvalue weighted by Gasteiger charge is 2.22. The Morgan fingerprint density at radius 2 is 1.58 bits per heavy atom. The highest BCUT2D eigenvalue weighted by atomic mass is 16.2. The summed E-state index contributed by atoms with van der Waals surface area (Å²) >= 11 is 0. The average molecular weight is 441 g/mol. The number of carbonyl (C=O) groups excluding carboxylic acids is 1. The average Bonchev–Trinajstić information content (AvgIpc) is 2.88. The second-order valence-corrected chi connectivity index (χ2v) is 7.91. The summed E-state index contributed by atoms with van der Waals surface area (Å²) in [5.41, 5.74) is 3.66. The second-order valence-electron chi connectivity index (χ2n) is 7.91. The summed E-state index contributed by atoms with van der Waals surface area (Å²) in [6.45, 7) is 3.96. The Morgan fingerprint density at radius 1 is 0.818 bits per heavy atom. The molecular weight excluding hydrogens is 418 g/mol. The summed E-state index contributed by atoms with van der Waals surface area (Å²) in [7, 11) is 0. The van der Waals surface area contributed by atoms with E-state index in [-0.39, 0.29) is 11.5 Å². The largest absolute Gasteiger partial charge is 0.336 e. The van der Waals surface area contributed by atoms with Gasteiger partial charge in [0.25, 0.3) is 11.5 Å². The molecule has 4 heterocycles. The summed E-state index contributed by atoms with van der Waals surface area (Å²) in [6, 6.07) is 12.5. The van der Waals surface area contributed by atoms with Crippen molar-refractivity contribution < 1.29 is 4.79 Å². The first kappa shape index (κ1) is 20.9. The molecular formula is C24H23N7O2. The lowest BCUT2D eigenvalue weighted by Crippen LogP contribution is -2.49. The molecule has 166 valence electrons. The van der Waals surface area contributed by atoms with Gasteiger partial charge in [-0.15, -0.1) is 0 Å². The van der Waals surface area contributed by atoms with Crippen LogP contribution in [-0.4, -0.2) is 73.2 Å². The van der Waals surface area contributed by atoms with Crippen molar-refractivity contribution in [2.75, 3.05) is 32.7 Å². The first-order valence-electron chi connectivity index (χ1n) is 10.9. The van der Waals surface area contributed by atoms with Gasteiger partial charge in [0.15, 0.2) is 0 Å². The van der Waals surface area contributed by atoms with Crippen molar-refractivity contribution in [3.63, 3.8) is 0 Å². The number of hydrogen-bond donors (Lipinski definition) is 0. The molecule has 0 N–H and O–H groups in total. The molecule has 9 heteroatoms. The van der Waals surface area contributed by atoms with E-state index in [1.54, 1.807) is 49.1 Å². The first-order chi connectivity index (χ1) is 16.2. The van der Waals surface area contributed by atoms with Crippen LogP contribution in [0.5, 0.6) is 0 Å². The molecule has 0 bridgehead atoms. The van der Waals surface area contributed by atoms with Crippen molar-refractivity contribution in [1.82, 2.24) is 34.5 Å². The molecule has 1 saturated heterocycles. The third-order valence-electron chi connectivity index (χ3n) is 5.85. The van der Waals surface area contributed by atoms with Crippen LogP contribution in [-0.2, 0) is 6.54 Å². The lowest BCUT2D eigenvalue weighted by atomic mass is 10.1. The van der Waals surface area contributed by atoms with Crippen LogP contribution in [0.15, 0.2) is 72.0 Å². The van der Waals surface area contributed by atoms with Crippen LogP contribution in [0.1, 0.15) is 10.4 Å². The van der Waals surface area contributed by atoms with E-state index in [2.05, 4.69) is 25.0 Å². The van der Waals surface area contributed by atoms with Crippen molar-refractivity contribution in [1.29, 1.82) is 0 Å². The van der Waals surface area contributed by atoms with Crippen LogP contribution in [0, 0.1) is 0 Å². The van der Waals surface area contributed by atoms with Gasteiger partial charge < -0.3 is 4.90 Å². The minimum absolute atomic E-state index is 0.00476. The number of aromatic nitrogens is 5. The Balaban J connectivity index is 1.19. The van der Waals surface area contributed by atoms with Crippen molar-refractivity contribution in [3.8, 4) is 11.3 Å². The van der Waals surface area contributed by atoms with Crippen molar-refractivity contribution in [2.45, 2.75) is 6.54 Å². The van der Waals surface area contributed by atoms with Gasteiger partial charge in [0.2, 0.25) is 0 Å². The third kappa shape index (κ3) is 4.63. The Bertz CT molecular complexity index is 1330. The number of piperazine rings is 1. The van der Waals surface area contributed by atoms with Gasteiger partial charge in [-0.2, -0.15) is 5.10 Å². The molecule has 1 fully saturated rings. The zero-order chi connectivity index (χ0) is 22.6. The van der Waals surface area contributed by atoms with Crippen molar-refractivity contribution in [3.05, 3.63) is 83.2 Å². The zero-order valence-corrected chi connectivity index (χ0v) is 18.0. The molecule has 1 aromatic carbocycles. The van der Waals surface area contributed by atoms with Crippen LogP contribution in [0.3, 0.4) is 0 Å². The molecule has 5 rings (SSSR count). The van der Waals surface area contributed by atoms with Gasteiger partial charge in [-0.3, -0.25) is 29.4 Å². The smallest absolute Gasteiger partial charge is 0.266 e. The molecule has 1 aliphatic rings. The number of benzene rings is 1. The van der Waals surface area contributed by atoms with E-state index in [0.29, 0.717) is 37.3 Å². The topological polar surface area (TPSA) is 97.1 Å². The Labute approximate surface area is 190 Å². The predicted octanol–water partition coefficient (Wildman–Crippen LogP) is 1.71. The monoisotopic (exact) mass is 441 g/mol. The quantitative estimate of drug-likeness (QED) is 0.465. The predicted molar refractivity (Wildman–Crippen MR) is 124 cm³/mol. The van der Waals surface area contributed by atoms with Crippen LogP contribution < -0.4 is 5.56 Å². The zero-order valence-electron chi connectivity index (χ0n) is 18.0. The van der Waals surface area contributed by atoms with E-state index in [1.165, 1.54) is 4.68 Å². The lowest BCUT2D eigenvalue weighted by molar-refractivity contribution is 0.0631. The maximum absolute atomic E-state index is 12.9. The minimum atomic E-state index is -0.124. The number of rotatable bonds is 5. The Kier molecular flexibility index (Phi) is 5.86. The van der Waals surface area contributed by atoms with Gasteiger partial charge in [0, 0.05) is 74.7 Å². The molecule has 0 spiro atoms. The van der Waals surface area contributed by atoms with E-state index in [9.17, 15) is 9.59 Å². The van der Waals surface area contributed by atoms with Crippen molar-refractivity contribution >= 4 is 16.9 Å². The summed E-state index contributed by atoms with van der Waals surface area (Å²) < 4.78 is 1.50. The van der Waals surface area contributed by atoms with E-state index in [1.807, 2.05) is 23.1 Å². The molecule has 1 aliphatic heterocycles. The molecule has 33 heavy (non-hydrogen) atoms. The van der Waals surface area contributed by atoms with E-state index in [0.717, 1.165) is 29.9 Å². The van der Waals surface area contributed by atoms with E-state index < -0.39 is 0 Å². The molecule has 1 amide bonds. The number of fused-ring (bicyclic) bond motifs is 1. The van der Waals surface area contributed by atoms with Gasteiger partial charge in [-0.25, -0.2) is 4.68 Å². The number of nitrogens with zero attached hydrogens (tertiary/aromatic N) is 7. The van der Waals surface area contributed by atoms with Gasteiger partial charge in [-0.05, 0) is 36.4 Å². The maximum atomic E-state index is 12.9. The third-order valence-corrected chi connectivity index (χ3v) is 5.85. The first-order valence-corrected chi connectivity index (χ1v) is 10.9. The van der Waals surface area contributed by atoms with Crippen LogP contribution >= 0.6 is 0 Å². The van der Waals surface area contributed by atoms with E-state index >= 15 is 0 Å². The minimum Gasteiger partial charge on any atom is -0.336 e. The molecule has 9 nitrogen and oxygen atoms in total. The van der Waals surface area contributed by atoms with Crippen LogP contribution in [0.25, 0.3) is 22.3 Å². The molecule has 0 saturated carbocycles. The van der Waals surface area contributed by atoms with Crippen molar-refractivity contribution in [2.24, 2.45) is 0 Å². The summed E-state index contributed by atoms with van der Waals surface area (Å²) in [4.78, 5) is 41.9. The Morgan fingerprint density at radius 3 is 2.36 bits per heavy atom. The molecule has 0 atom stereocenters. The summed E-state index contributed by atoms with van der Waals surface area (Å²) in [5.74, 6) is 0.00476. The van der Waals surface area contributed by atoms with Crippen LogP contribution in [0.4, 0.5) is 0 Å². The molecule has 4 aromatic rings. The second kappa shape index (κ2) is 9.25. The molecule has 0 aliphatic carbocycles. The van der Waals surface area contributed by atoms with Gasteiger partial charge in [-0.1, -0.05) is 0 Å². The van der Waals surface area contributed by atoms with Gasteiger partial charge >= 0.3 is 0 Å². The number of amides is 1. The van der Waals surface area contributed by atoms with Gasteiger partial charge in [0.05, 0.1) is 23.3 Å². The fourth-order valence-corrected chi connectivity index (χ4v) is 3.98. The highest BCUT2D eigenvalue weighted by molar-refractivity contribution is 5.97. The summed E-state index contributed by atoms with van der Waals surface area (Å²) in [6.07, 6.45) is 6.68. The molecule has 0 unspecified atom stereocenters.